The summed E-state index contributed by atoms with van der Waals surface area (Å²) in [7, 11) is 0. The van der Waals surface area contributed by atoms with Gasteiger partial charge in [0.25, 0.3) is 0 Å². The Bertz CT molecular complexity index is 220. The zero-order chi connectivity index (χ0) is 15.4. The highest BCUT2D eigenvalue weighted by Crippen LogP contribution is 2.09. The molecular weight excluding hydrogens is 256 g/mol. The Morgan fingerprint density at radius 3 is 1.95 bits per heavy atom. The summed E-state index contributed by atoms with van der Waals surface area (Å²) in [5, 5.41) is 0. The van der Waals surface area contributed by atoms with Crippen LogP contribution in [0.15, 0.2) is 25.0 Å². The summed E-state index contributed by atoms with van der Waals surface area (Å²) in [5.74, 6) is 0. The first-order valence-electron chi connectivity index (χ1n) is 9.29. The molecule has 0 aliphatic carbocycles. The molecule has 0 spiro atoms. The van der Waals surface area contributed by atoms with Crippen LogP contribution in [0.3, 0.4) is 0 Å². The summed E-state index contributed by atoms with van der Waals surface area (Å²) in [6.45, 7) is 6.91. The minimum absolute atomic E-state index is 0.895. The molecule has 0 aromatic rings. The first-order valence-corrected chi connectivity index (χ1v) is 9.29. The van der Waals surface area contributed by atoms with Gasteiger partial charge in [-0.3, -0.25) is 0 Å². The van der Waals surface area contributed by atoms with Gasteiger partial charge in [0.1, 0.15) is 0 Å². The fourth-order valence-corrected chi connectivity index (χ4v) is 2.43. The number of hydrogen-bond acceptors (Lipinski definition) is 1. The van der Waals surface area contributed by atoms with Crippen molar-refractivity contribution in [1.82, 2.24) is 0 Å². The first kappa shape index (κ1) is 20.3. The molecule has 0 aliphatic rings. The molecule has 0 fully saturated rings. The maximum absolute atomic E-state index is 5.52. The van der Waals surface area contributed by atoms with Crippen LogP contribution in [0.4, 0.5) is 0 Å². The monoisotopic (exact) mass is 294 g/mol. The number of rotatable bonds is 17. The zero-order valence-electron chi connectivity index (χ0n) is 14.5. The average molecular weight is 295 g/mol. The molecule has 0 rings (SSSR count). The summed E-state index contributed by atoms with van der Waals surface area (Å²) in [6, 6.07) is 0. The summed E-state index contributed by atoms with van der Waals surface area (Å²) >= 11 is 0. The van der Waals surface area contributed by atoms with E-state index in [1.54, 1.807) is 0 Å². The van der Waals surface area contributed by atoms with Crippen molar-refractivity contribution in [3.8, 4) is 0 Å². The molecule has 0 radical (unpaired) electrons. The van der Waals surface area contributed by atoms with Gasteiger partial charge >= 0.3 is 0 Å². The van der Waals surface area contributed by atoms with Gasteiger partial charge in [0.05, 0.1) is 12.9 Å². The third kappa shape index (κ3) is 19.3. The van der Waals surface area contributed by atoms with E-state index in [2.05, 4.69) is 19.6 Å². The second-order valence-electron chi connectivity index (χ2n) is 6.00. The summed E-state index contributed by atoms with van der Waals surface area (Å²) < 4.78 is 5.52. The van der Waals surface area contributed by atoms with Gasteiger partial charge in [-0.25, -0.2) is 0 Å². The third-order valence-electron chi connectivity index (χ3n) is 3.84. The maximum atomic E-state index is 5.52. The van der Waals surface area contributed by atoms with Crippen LogP contribution >= 0.6 is 0 Å². The van der Waals surface area contributed by atoms with Gasteiger partial charge in [-0.15, -0.1) is 6.58 Å². The van der Waals surface area contributed by atoms with E-state index in [4.69, 9.17) is 4.74 Å². The molecule has 0 atom stereocenters. The Labute approximate surface area is 133 Å². The van der Waals surface area contributed by atoms with E-state index >= 15 is 0 Å². The highest BCUT2D eigenvalue weighted by molar-refractivity contribution is 4.73. The second kappa shape index (κ2) is 19.3. The van der Waals surface area contributed by atoms with E-state index < -0.39 is 0 Å². The Morgan fingerprint density at radius 2 is 1.29 bits per heavy atom. The van der Waals surface area contributed by atoms with Crippen molar-refractivity contribution < 1.29 is 4.74 Å². The number of ether oxygens (including phenoxy) is 1. The molecule has 0 amide bonds. The normalized spacial score (nSPS) is 11.1. The molecule has 21 heavy (non-hydrogen) atoms. The predicted octanol–water partition coefficient (Wildman–Crippen LogP) is 7.18. The quantitative estimate of drug-likeness (QED) is 0.157. The fraction of sp³-hybridized carbons (Fsp3) is 0.800. The summed E-state index contributed by atoms with van der Waals surface area (Å²) in [4.78, 5) is 0. The lowest BCUT2D eigenvalue weighted by Crippen LogP contribution is -1.88. The average Bonchev–Trinajstić information content (AvgIpc) is 2.50. The summed E-state index contributed by atoms with van der Waals surface area (Å²) in [5.41, 5.74) is 0. The molecule has 0 saturated carbocycles. The Morgan fingerprint density at radius 1 is 0.714 bits per heavy atom. The number of hydrogen-bond donors (Lipinski definition) is 0. The van der Waals surface area contributed by atoms with Gasteiger partial charge in [0, 0.05) is 0 Å². The lowest BCUT2D eigenvalue weighted by molar-refractivity contribution is 0.239. The molecule has 0 aromatic carbocycles. The Hall–Kier alpha value is -0.720. The van der Waals surface area contributed by atoms with E-state index in [9.17, 15) is 0 Å². The zero-order valence-corrected chi connectivity index (χ0v) is 14.5. The fourth-order valence-electron chi connectivity index (χ4n) is 2.43. The molecule has 0 bridgehead atoms. The standard InChI is InChI=1S/C20H38O/c1-3-5-7-9-11-12-13-14-16-18-20-21-19-17-15-10-8-6-4-2/h3,18,20H,1,4-17,19H2,2H3. The van der Waals surface area contributed by atoms with Crippen molar-refractivity contribution in [2.75, 3.05) is 6.61 Å². The van der Waals surface area contributed by atoms with Gasteiger partial charge in [-0.05, 0) is 38.2 Å². The van der Waals surface area contributed by atoms with Crippen molar-refractivity contribution in [1.29, 1.82) is 0 Å². The molecule has 0 heterocycles. The van der Waals surface area contributed by atoms with Crippen LogP contribution in [0.2, 0.25) is 0 Å². The topological polar surface area (TPSA) is 9.23 Å². The molecule has 0 saturated heterocycles. The number of allylic oxidation sites excluding steroid dienone is 2. The second-order valence-corrected chi connectivity index (χ2v) is 6.00. The maximum Gasteiger partial charge on any atom is 0.0873 e. The van der Waals surface area contributed by atoms with Crippen molar-refractivity contribution in [2.45, 2.75) is 96.8 Å². The van der Waals surface area contributed by atoms with E-state index in [1.165, 1.54) is 89.9 Å². The van der Waals surface area contributed by atoms with E-state index in [0.29, 0.717) is 0 Å². The highest BCUT2D eigenvalue weighted by Gasteiger charge is 1.91. The van der Waals surface area contributed by atoms with Gasteiger partial charge in [-0.1, -0.05) is 70.8 Å². The predicted molar refractivity (Wildman–Crippen MR) is 95.6 cm³/mol. The van der Waals surface area contributed by atoms with E-state index in [-0.39, 0.29) is 0 Å². The molecule has 0 aliphatic heterocycles. The van der Waals surface area contributed by atoms with Crippen molar-refractivity contribution in [3.05, 3.63) is 25.0 Å². The molecule has 0 unspecified atom stereocenters. The van der Waals surface area contributed by atoms with Crippen molar-refractivity contribution in [3.63, 3.8) is 0 Å². The van der Waals surface area contributed by atoms with Gasteiger partial charge in [-0.2, -0.15) is 0 Å². The van der Waals surface area contributed by atoms with Crippen LogP contribution in [0.1, 0.15) is 96.8 Å². The van der Waals surface area contributed by atoms with Crippen molar-refractivity contribution in [2.24, 2.45) is 0 Å². The first-order chi connectivity index (χ1) is 10.4. The highest BCUT2D eigenvalue weighted by atomic mass is 16.5. The van der Waals surface area contributed by atoms with Crippen LogP contribution in [0.25, 0.3) is 0 Å². The molecule has 0 aromatic heterocycles. The van der Waals surface area contributed by atoms with E-state index in [0.717, 1.165) is 6.61 Å². The Balaban J connectivity index is 3.03. The van der Waals surface area contributed by atoms with Crippen LogP contribution in [0, 0.1) is 0 Å². The Kier molecular flexibility index (Phi) is 18.6. The molecular formula is C20H38O. The number of unbranched alkanes of at least 4 members (excludes halogenated alkanes) is 12. The van der Waals surface area contributed by atoms with Crippen LogP contribution in [0.5, 0.6) is 0 Å². The minimum atomic E-state index is 0.895. The molecule has 1 heteroatoms. The molecule has 1 nitrogen and oxygen atoms in total. The van der Waals surface area contributed by atoms with E-state index in [1.807, 2.05) is 12.3 Å². The third-order valence-corrected chi connectivity index (χ3v) is 3.84. The van der Waals surface area contributed by atoms with Crippen LogP contribution < -0.4 is 0 Å². The lowest BCUT2D eigenvalue weighted by atomic mass is 10.1. The largest absolute Gasteiger partial charge is 0.502 e. The summed E-state index contributed by atoms with van der Waals surface area (Å²) in [6.07, 6.45) is 24.6. The van der Waals surface area contributed by atoms with Crippen LogP contribution in [-0.4, -0.2) is 6.61 Å². The van der Waals surface area contributed by atoms with Gasteiger partial charge < -0.3 is 4.74 Å². The smallest absolute Gasteiger partial charge is 0.0873 e. The molecule has 124 valence electrons. The van der Waals surface area contributed by atoms with Crippen LogP contribution in [-0.2, 0) is 4.74 Å². The molecule has 0 N–H and O–H groups in total. The SMILES string of the molecule is C=CCCCCCCCCC=COCCCCCCCC. The minimum Gasteiger partial charge on any atom is -0.502 e. The van der Waals surface area contributed by atoms with Gasteiger partial charge in [0.15, 0.2) is 0 Å². The lowest BCUT2D eigenvalue weighted by Gasteiger charge is -2.01. The van der Waals surface area contributed by atoms with Crippen molar-refractivity contribution >= 4 is 0 Å². The van der Waals surface area contributed by atoms with Gasteiger partial charge in [0.2, 0.25) is 0 Å².